The van der Waals surface area contributed by atoms with E-state index in [0.717, 1.165) is 76.2 Å². The molecule has 0 atom stereocenters. The van der Waals surface area contributed by atoms with Gasteiger partial charge in [0.2, 0.25) is 0 Å². The molecule has 0 saturated heterocycles. The van der Waals surface area contributed by atoms with Gasteiger partial charge in [-0.3, -0.25) is 0 Å². The second kappa shape index (κ2) is 10.3. The molecule has 0 unspecified atom stereocenters. The quantitative estimate of drug-likeness (QED) is 0.191. The van der Waals surface area contributed by atoms with Gasteiger partial charge >= 0.3 is 0 Å². The van der Waals surface area contributed by atoms with Crippen molar-refractivity contribution < 1.29 is 8.83 Å². The first-order chi connectivity index (χ1) is 22.2. The molecule has 45 heavy (non-hydrogen) atoms. The topological polar surface area (TPSA) is 65.0 Å². The highest BCUT2D eigenvalue weighted by Gasteiger charge is 2.16. The number of furan rings is 2. The molecule has 0 amide bonds. The molecule has 3 aromatic heterocycles. The van der Waals surface area contributed by atoms with Crippen LogP contribution in [0, 0.1) is 0 Å². The minimum absolute atomic E-state index is 0.591. The van der Waals surface area contributed by atoms with E-state index in [1.165, 1.54) is 0 Å². The van der Waals surface area contributed by atoms with Crippen LogP contribution in [-0.2, 0) is 0 Å². The van der Waals surface area contributed by atoms with Gasteiger partial charge in [0.15, 0.2) is 17.5 Å². The van der Waals surface area contributed by atoms with Crippen LogP contribution in [0.2, 0.25) is 0 Å². The highest BCUT2D eigenvalue weighted by Crippen LogP contribution is 2.36. The molecule has 0 radical (unpaired) electrons. The molecule has 0 aliphatic rings. The molecule has 0 fully saturated rings. The molecule has 5 nitrogen and oxygen atoms in total. The number of benzene rings is 6. The lowest BCUT2D eigenvalue weighted by atomic mass is 10.0. The van der Waals surface area contributed by atoms with Gasteiger partial charge < -0.3 is 8.83 Å². The molecule has 0 aliphatic carbocycles. The zero-order valence-electron chi connectivity index (χ0n) is 23.7. The first kappa shape index (κ1) is 25.9. The third-order valence-corrected chi connectivity index (χ3v) is 8.63. The zero-order chi connectivity index (χ0) is 29.9. The Bertz CT molecular complexity index is 2570. The van der Waals surface area contributed by atoms with E-state index in [4.69, 9.17) is 23.8 Å². The molecule has 6 heteroatoms. The maximum absolute atomic E-state index is 6.08. The van der Waals surface area contributed by atoms with Crippen molar-refractivity contribution in [1.82, 2.24) is 15.0 Å². The minimum Gasteiger partial charge on any atom is -0.456 e. The van der Waals surface area contributed by atoms with Crippen LogP contribution in [-0.4, -0.2) is 15.0 Å². The van der Waals surface area contributed by atoms with Crippen LogP contribution in [0.25, 0.3) is 89.2 Å². The largest absolute Gasteiger partial charge is 0.456 e. The summed E-state index contributed by atoms with van der Waals surface area (Å²) < 4.78 is 13.1. The number of hydrogen-bond acceptors (Lipinski definition) is 5. The summed E-state index contributed by atoms with van der Waals surface area (Å²) in [6, 6.07) is 44.9. The van der Waals surface area contributed by atoms with Crippen molar-refractivity contribution in [2.24, 2.45) is 0 Å². The summed E-state index contributed by atoms with van der Waals surface area (Å²) in [4.78, 5) is 15.0. The molecule has 6 aromatic carbocycles. The first-order valence-corrected chi connectivity index (χ1v) is 15.4. The maximum atomic E-state index is 6.08. The van der Waals surface area contributed by atoms with Gasteiger partial charge in [-0.25, -0.2) is 15.0 Å². The summed E-state index contributed by atoms with van der Waals surface area (Å²) in [5.41, 5.74) is 8.25. The SMILES string of the molecule is Brc1cc(-c2ccc3oc4ccccc4c3c2)cc(-c2nc(-c3ccccc3)nc(-c3ccc4oc5ccccc5c4c3)n2)c1. The fraction of sp³-hybridized carbons (Fsp3) is 0. The number of para-hydroxylation sites is 2. The molecule has 3 heterocycles. The molecule has 0 N–H and O–H groups in total. The summed E-state index contributed by atoms with van der Waals surface area (Å²) in [6.45, 7) is 0. The van der Waals surface area contributed by atoms with Crippen LogP contribution in [0.1, 0.15) is 0 Å². The Morgan fingerprint density at radius 1 is 0.356 bits per heavy atom. The van der Waals surface area contributed by atoms with Crippen molar-refractivity contribution in [2.75, 3.05) is 0 Å². The monoisotopic (exact) mass is 643 g/mol. The van der Waals surface area contributed by atoms with Crippen molar-refractivity contribution in [3.05, 3.63) is 138 Å². The van der Waals surface area contributed by atoms with Crippen molar-refractivity contribution in [3.63, 3.8) is 0 Å². The predicted molar refractivity (Wildman–Crippen MR) is 184 cm³/mol. The van der Waals surface area contributed by atoms with E-state index >= 15 is 0 Å². The smallest absolute Gasteiger partial charge is 0.164 e. The average molecular weight is 645 g/mol. The number of hydrogen-bond donors (Lipinski definition) is 0. The van der Waals surface area contributed by atoms with Gasteiger partial charge in [0.25, 0.3) is 0 Å². The van der Waals surface area contributed by atoms with Crippen LogP contribution in [0.4, 0.5) is 0 Å². The van der Waals surface area contributed by atoms with E-state index in [0.29, 0.717) is 17.5 Å². The molecule has 0 aliphatic heterocycles. The first-order valence-electron chi connectivity index (χ1n) is 14.6. The highest BCUT2D eigenvalue weighted by atomic mass is 79.9. The van der Waals surface area contributed by atoms with Gasteiger partial charge in [0.05, 0.1) is 0 Å². The standard InChI is InChI=1S/C39H22BrN3O2/c40-28-19-26(24-14-16-35-31(21-24)29-10-4-6-12-33(29)44-35)18-27(20-28)39-42-37(23-8-2-1-3-9-23)41-38(43-39)25-15-17-36-32(22-25)30-11-5-7-13-34(30)45-36/h1-22H. The Hall–Kier alpha value is -5.59. The molecular formula is C39H22BrN3O2. The third kappa shape index (κ3) is 4.50. The molecule has 0 bridgehead atoms. The van der Waals surface area contributed by atoms with Gasteiger partial charge in [0.1, 0.15) is 22.3 Å². The lowest BCUT2D eigenvalue weighted by Crippen LogP contribution is -2.00. The number of halogens is 1. The fourth-order valence-electron chi connectivity index (χ4n) is 6.01. The van der Waals surface area contributed by atoms with E-state index in [1.54, 1.807) is 0 Å². The highest BCUT2D eigenvalue weighted by molar-refractivity contribution is 9.10. The third-order valence-electron chi connectivity index (χ3n) is 8.17. The Kier molecular flexibility index (Phi) is 5.89. The molecule has 0 saturated carbocycles. The zero-order valence-corrected chi connectivity index (χ0v) is 25.3. The number of aromatic nitrogens is 3. The Morgan fingerprint density at radius 3 is 1.51 bits per heavy atom. The fourth-order valence-corrected chi connectivity index (χ4v) is 6.50. The Morgan fingerprint density at radius 2 is 0.844 bits per heavy atom. The van der Waals surface area contributed by atoms with Crippen molar-refractivity contribution in [1.29, 1.82) is 0 Å². The maximum Gasteiger partial charge on any atom is 0.164 e. The van der Waals surface area contributed by atoms with Crippen molar-refractivity contribution in [2.45, 2.75) is 0 Å². The van der Waals surface area contributed by atoms with Gasteiger partial charge in [-0.05, 0) is 71.8 Å². The second-order valence-corrected chi connectivity index (χ2v) is 11.9. The molecule has 9 rings (SSSR count). The average Bonchev–Trinajstić information content (AvgIpc) is 3.66. The Labute approximate surface area is 266 Å². The van der Waals surface area contributed by atoms with Gasteiger partial charge in [-0.2, -0.15) is 0 Å². The van der Waals surface area contributed by atoms with Gasteiger partial charge in [0, 0.05) is 42.7 Å². The van der Waals surface area contributed by atoms with Crippen LogP contribution >= 0.6 is 15.9 Å². The second-order valence-electron chi connectivity index (χ2n) is 11.0. The summed E-state index contributed by atoms with van der Waals surface area (Å²) in [5.74, 6) is 1.80. The predicted octanol–water partition coefficient (Wildman–Crippen LogP) is 11.1. The van der Waals surface area contributed by atoms with Crippen LogP contribution in [0.5, 0.6) is 0 Å². The van der Waals surface area contributed by atoms with E-state index < -0.39 is 0 Å². The summed E-state index contributed by atoms with van der Waals surface area (Å²) in [6.07, 6.45) is 0. The lowest BCUT2D eigenvalue weighted by Gasteiger charge is -2.11. The molecular weight excluding hydrogens is 622 g/mol. The molecule has 0 spiro atoms. The normalized spacial score (nSPS) is 11.7. The lowest BCUT2D eigenvalue weighted by molar-refractivity contribution is 0.668. The summed E-state index contributed by atoms with van der Waals surface area (Å²) in [5, 5.41) is 4.27. The number of nitrogens with zero attached hydrogens (tertiary/aromatic N) is 3. The van der Waals surface area contributed by atoms with E-state index in [-0.39, 0.29) is 0 Å². The molecule has 212 valence electrons. The van der Waals surface area contributed by atoms with Gasteiger partial charge in [-0.1, -0.05) is 88.7 Å². The van der Waals surface area contributed by atoms with Crippen LogP contribution in [0.3, 0.4) is 0 Å². The van der Waals surface area contributed by atoms with E-state index in [1.807, 2.05) is 84.9 Å². The number of fused-ring (bicyclic) bond motifs is 6. The van der Waals surface area contributed by atoms with E-state index in [2.05, 4.69) is 64.5 Å². The minimum atomic E-state index is 0.591. The Balaban J connectivity index is 1.21. The van der Waals surface area contributed by atoms with Crippen LogP contribution < -0.4 is 0 Å². The van der Waals surface area contributed by atoms with Crippen molar-refractivity contribution >= 4 is 59.8 Å². The summed E-state index contributed by atoms with van der Waals surface area (Å²) >= 11 is 3.76. The molecule has 9 aromatic rings. The number of rotatable bonds is 4. The van der Waals surface area contributed by atoms with Crippen molar-refractivity contribution in [3.8, 4) is 45.3 Å². The summed E-state index contributed by atoms with van der Waals surface area (Å²) in [7, 11) is 0. The van der Waals surface area contributed by atoms with E-state index in [9.17, 15) is 0 Å². The van der Waals surface area contributed by atoms with Crippen LogP contribution in [0.15, 0.2) is 147 Å². The van der Waals surface area contributed by atoms with Gasteiger partial charge in [-0.15, -0.1) is 0 Å².